The number of carbonyl (C=O) groups excluding carboxylic acids is 1. The van der Waals surface area contributed by atoms with Crippen molar-refractivity contribution in [2.75, 3.05) is 0 Å². The molecule has 4 nitrogen and oxygen atoms in total. The van der Waals surface area contributed by atoms with Crippen molar-refractivity contribution < 1.29 is 19.7 Å². The lowest BCUT2D eigenvalue weighted by Crippen LogP contribution is -2.22. The van der Waals surface area contributed by atoms with Gasteiger partial charge < -0.3 is 14.9 Å². The number of carbonyl (C=O) groups is 1. The van der Waals surface area contributed by atoms with E-state index in [4.69, 9.17) is 4.74 Å². The van der Waals surface area contributed by atoms with Gasteiger partial charge in [0.15, 0.2) is 5.78 Å². The van der Waals surface area contributed by atoms with Gasteiger partial charge >= 0.3 is 0 Å². The molecule has 25 heavy (non-hydrogen) atoms. The third-order valence-corrected chi connectivity index (χ3v) is 4.55. The summed E-state index contributed by atoms with van der Waals surface area (Å²) < 4.78 is 5.99. The zero-order valence-corrected chi connectivity index (χ0v) is 14.7. The van der Waals surface area contributed by atoms with Crippen molar-refractivity contribution in [3.63, 3.8) is 0 Å². The number of hydrogen-bond acceptors (Lipinski definition) is 4. The monoisotopic (exact) mass is 338 g/mol. The molecule has 0 aromatic heterocycles. The van der Waals surface area contributed by atoms with Gasteiger partial charge in [0.1, 0.15) is 23.4 Å². The highest BCUT2D eigenvalue weighted by molar-refractivity contribution is 6.02. The minimum absolute atomic E-state index is 0.00951. The Morgan fingerprint density at radius 1 is 1.24 bits per heavy atom. The minimum atomic E-state index is -0.414. The first-order chi connectivity index (χ1) is 11.9. The quantitative estimate of drug-likeness (QED) is 0.801. The SMILES string of the molecule is CC(C)=CCc1c(O)cc2c(c1C)C(=O)CC(c1ccc(O)cc1)O2. The Balaban J connectivity index is 1.98. The van der Waals surface area contributed by atoms with E-state index in [-0.39, 0.29) is 23.7 Å². The number of aromatic hydroxyl groups is 2. The molecule has 2 aromatic rings. The average molecular weight is 338 g/mol. The highest BCUT2D eigenvalue weighted by Crippen LogP contribution is 2.41. The Morgan fingerprint density at radius 2 is 1.92 bits per heavy atom. The Kier molecular flexibility index (Phi) is 4.53. The molecule has 2 aromatic carbocycles. The number of phenols is 2. The second-order valence-corrected chi connectivity index (χ2v) is 6.68. The van der Waals surface area contributed by atoms with E-state index in [1.165, 1.54) is 0 Å². The third-order valence-electron chi connectivity index (χ3n) is 4.55. The highest BCUT2D eigenvalue weighted by Gasteiger charge is 2.31. The fourth-order valence-corrected chi connectivity index (χ4v) is 3.15. The van der Waals surface area contributed by atoms with Gasteiger partial charge in [-0.2, -0.15) is 0 Å². The van der Waals surface area contributed by atoms with Crippen LogP contribution in [0.3, 0.4) is 0 Å². The number of hydrogen-bond donors (Lipinski definition) is 2. The molecule has 1 heterocycles. The first kappa shape index (κ1) is 17.1. The van der Waals surface area contributed by atoms with Gasteiger partial charge in [0, 0.05) is 11.6 Å². The number of Topliss-reactive ketones (excluding diaryl/α,β-unsaturated/α-hetero) is 1. The summed E-state index contributed by atoms with van der Waals surface area (Å²) in [6.45, 7) is 5.86. The molecular weight excluding hydrogens is 316 g/mol. The van der Waals surface area contributed by atoms with Crippen molar-refractivity contribution in [3.8, 4) is 17.2 Å². The van der Waals surface area contributed by atoms with Crippen LogP contribution >= 0.6 is 0 Å². The molecule has 0 bridgehead atoms. The molecule has 1 aliphatic rings. The molecule has 1 aliphatic heterocycles. The molecule has 0 fully saturated rings. The first-order valence-corrected chi connectivity index (χ1v) is 8.34. The topological polar surface area (TPSA) is 66.8 Å². The molecule has 1 atom stereocenters. The lowest BCUT2D eigenvalue weighted by Gasteiger charge is -2.28. The van der Waals surface area contributed by atoms with Crippen LogP contribution in [0.5, 0.6) is 17.2 Å². The molecule has 4 heteroatoms. The Hall–Kier alpha value is -2.75. The average Bonchev–Trinajstić information content (AvgIpc) is 2.54. The predicted molar refractivity (Wildman–Crippen MR) is 96.4 cm³/mol. The van der Waals surface area contributed by atoms with E-state index < -0.39 is 6.10 Å². The Morgan fingerprint density at radius 3 is 2.56 bits per heavy atom. The maximum atomic E-state index is 12.7. The van der Waals surface area contributed by atoms with Gasteiger partial charge in [-0.05, 0) is 50.5 Å². The standard InChI is InChI=1S/C21H22O4/c1-12(2)4-9-16-13(3)21-18(24)11-19(25-20(21)10-17(16)23)14-5-7-15(22)8-6-14/h4-8,10,19,22-23H,9,11H2,1-3H3. The predicted octanol–water partition coefficient (Wildman–Crippen LogP) is 4.62. The molecule has 130 valence electrons. The van der Waals surface area contributed by atoms with Crippen LogP contribution in [0, 0.1) is 6.92 Å². The van der Waals surface area contributed by atoms with Crippen LogP contribution < -0.4 is 4.74 Å². The van der Waals surface area contributed by atoms with Gasteiger partial charge in [0.05, 0.1) is 12.0 Å². The van der Waals surface area contributed by atoms with Crippen molar-refractivity contribution >= 4 is 5.78 Å². The molecule has 0 saturated heterocycles. The number of benzene rings is 2. The zero-order valence-electron chi connectivity index (χ0n) is 14.7. The summed E-state index contributed by atoms with van der Waals surface area (Å²) in [5.74, 6) is 0.747. The van der Waals surface area contributed by atoms with E-state index in [1.54, 1.807) is 30.3 Å². The van der Waals surface area contributed by atoms with E-state index in [9.17, 15) is 15.0 Å². The molecular formula is C21H22O4. The van der Waals surface area contributed by atoms with Crippen LogP contribution in [0.15, 0.2) is 42.0 Å². The van der Waals surface area contributed by atoms with Gasteiger partial charge in [-0.25, -0.2) is 0 Å². The number of phenolic OH excluding ortho intramolecular Hbond substituents is 2. The molecule has 0 amide bonds. The summed E-state index contributed by atoms with van der Waals surface area (Å²) in [5.41, 5.74) is 4.08. The number of rotatable bonds is 3. The Labute approximate surface area is 147 Å². The largest absolute Gasteiger partial charge is 0.508 e. The summed E-state index contributed by atoms with van der Waals surface area (Å²) in [7, 11) is 0. The molecule has 0 spiro atoms. The van der Waals surface area contributed by atoms with Gasteiger partial charge in [-0.1, -0.05) is 23.8 Å². The van der Waals surface area contributed by atoms with E-state index in [0.29, 0.717) is 17.7 Å². The second-order valence-electron chi connectivity index (χ2n) is 6.68. The van der Waals surface area contributed by atoms with Crippen molar-refractivity contribution in [2.24, 2.45) is 0 Å². The van der Waals surface area contributed by atoms with Gasteiger partial charge in [0.2, 0.25) is 0 Å². The van der Waals surface area contributed by atoms with Crippen molar-refractivity contribution in [1.29, 1.82) is 0 Å². The van der Waals surface area contributed by atoms with Crippen LogP contribution in [0.25, 0.3) is 0 Å². The van der Waals surface area contributed by atoms with Gasteiger partial charge in [-0.3, -0.25) is 4.79 Å². The number of allylic oxidation sites excluding steroid dienone is 2. The Bertz CT molecular complexity index is 843. The maximum absolute atomic E-state index is 12.7. The van der Waals surface area contributed by atoms with Crippen molar-refractivity contribution in [1.82, 2.24) is 0 Å². The first-order valence-electron chi connectivity index (χ1n) is 8.34. The molecule has 0 saturated carbocycles. The number of ketones is 1. The van der Waals surface area contributed by atoms with E-state index in [0.717, 1.165) is 22.3 Å². The van der Waals surface area contributed by atoms with Crippen LogP contribution in [-0.4, -0.2) is 16.0 Å². The van der Waals surface area contributed by atoms with Crippen LogP contribution in [-0.2, 0) is 6.42 Å². The third kappa shape index (κ3) is 3.38. The normalized spacial score (nSPS) is 16.1. The second kappa shape index (κ2) is 6.63. The summed E-state index contributed by atoms with van der Waals surface area (Å²) in [6.07, 6.45) is 2.44. The summed E-state index contributed by atoms with van der Waals surface area (Å²) in [6, 6.07) is 8.18. The maximum Gasteiger partial charge on any atom is 0.170 e. The highest BCUT2D eigenvalue weighted by atomic mass is 16.5. The lowest BCUT2D eigenvalue weighted by atomic mass is 9.89. The smallest absolute Gasteiger partial charge is 0.170 e. The molecule has 1 unspecified atom stereocenters. The summed E-state index contributed by atoms with van der Waals surface area (Å²) in [4.78, 5) is 12.7. The van der Waals surface area contributed by atoms with Crippen LogP contribution in [0.1, 0.15) is 53.4 Å². The van der Waals surface area contributed by atoms with Crippen molar-refractivity contribution in [3.05, 3.63) is 64.2 Å². The molecule has 0 radical (unpaired) electrons. The van der Waals surface area contributed by atoms with Crippen LogP contribution in [0.2, 0.25) is 0 Å². The zero-order chi connectivity index (χ0) is 18.1. The molecule has 0 aliphatic carbocycles. The van der Waals surface area contributed by atoms with E-state index in [2.05, 4.69) is 0 Å². The molecule has 2 N–H and O–H groups in total. The van der Waals surface area contributed by atoms with Crippen molar-refractivity contribution in [2.45, 2.75) is 39.7 Å². The van der Waals surface area contributed by atoms with Gasteiger partial charge in [-0.15, -0.1) is 0 Å². The molecule has 3 rings (SSSR count). The minimum Gasteiger partial charge on any atom is -0.508 e. The van der Waals surface area contributed by atoms with Gasteiger partial charge in [0.25, 0.3) is 0 Å². The fourth-order valence-electron chi connectivity index (χ4n) is 3.15. The summed E-state index contributed by atoms with van der Waals surface area (Å²) >= 11 is 0. The lowest BCUT2D eigenvalue weighted by molar-refractivity contribution is 0.0848. The number of ether oxygens (including phenoxy) is 1. The van der Waals surface area contributed by atoms with E-state index >= 15 is 0 Å². The van der Waals surface area contributed by atoms with Crippen LogP contribution in [0.4, 0.5) is 0 Å². The fraction of sp³-hybridized carbons (Fsp3) is 0.286. The number of fused-ring (bicyclic) bond motifs is 1. The summed E-state index contributed by atoms with van der Waals surface area (Å²) in [5, 5.41) is 19.8. The van der Waals surface area contributed by atoms with E-state index in [1.807, 2.05) is 26.8 Å².